The molecule has 0 atom stereocenters. The Morgan fingerprint density at radius 1 is 0.800 bits per heavy atom. The van der Waals surface area contributed by atoms with Crippen molar-refractivity contribution in [1.82, 2.24) is 0 Å². The molecule has 8 bridgehead atoms. The zero-order valence-electron chi connectivity index (χ0n) is 15.5. The summed E-state index contributed by atoms with van der Waals surface area (Å²) in [6, 6.07) is 6.96. The molecule has 1 aromatic rings. The number of hydrogen-bond donors (Lipinski definition) is 0. The molecule has 7 fully saturated rings. The van der Waals surface area contributed by atoms with E-state index in [0.717, 1.165) is 35.5 Å². The van der Waals surface area contributed by atoms with Crippen molar-refractivity contribution in [3.05, 3.63) is 48.0 Å². The van der Waals surface area contributed by atoms with Crippen molar-refractivity contribution < 1.29 is 0 Å². The first kappa shape index (κ1) is 14.8. The van der Waals surface area contributed by atoms with Crippen molar-refractivity contribution in [2.24, 2.45) is 40.9 Å². The van der Waals surface area contributed by atoms with Crippen LogP contribution in [0.3, 0.4) is 0 Å². The minimum atomic E-state index is 0.442. The van der Waals surface area contributed by atoms with Crippen molar-refractivity contribution >= 4 is 12.2 Å². The third-order valence-electron chi connectivity index (χ3n) is 9.47. The van der Waals surface area contributed by atoms with Crippen molar-refractivity contribution in [2.45, 2.75) is 50.9 Å². The Hall–Kier alpha value is -1.30. The molecule has 8 rings (SSSR count). The minimum absolute atomic E-state index is 0.442. The Labute approximate surface area is 152 Å². The second kappa shape index (κ2) is 4.51. The zero-order chi connectivity index (χ0) is 17.0. The smallest absolute Gasteiger partial charge is 0.00323 e. The van der Waals surface area contributed by atoms with Gasteiger partial charge in [-0.3, -0.25) is 0 Å². The number of hydrogen-bond acceptors (Lipinski definition) is 0. The molecule has 0 aromatic heterocycles. The molecule has 0 nitrogen and oxygen atoms in total. The number of rotatable bonds is 3. The van der Waals surface area contributed by atoms with Gasteiger partial charge in [0.25, 0.3) is 0 Å². The molecule has 0 heteroatoms. The van der Waals surface area contributed by atoms with Crippen LogP contribution in [0.4, 0.5) is 0 Å². The molecule has 0 saturated heterocycles. The van der Waals surface area contributed by atoms with E-state index in [1.54, 1.807) is 24.8 Å². The van der Waals surface area contributed by atoms with Gasteiger partial charge in [0.05, 0.1) is 0 Å². The summed E-state index contributed by atoms with van der Waals surface area (Å²) in [5.41, 5.74) is 5.43. The maximum absolute atomic E-state index is 4.14. The lowest BCUT2D eigenvalue weighted by Crippen LogP contribution is -2.68. The van der Waals surface area contributed by atoms with Gasteiger partial charge in [0.2, 0.25) is 0 Å². The molecule has 7 aliphatic rings. The van der Waals surface area contributed by atoms with Crippen LogP contribution in [0.2, 0.25) is 0 Å². The lowest BCUT2D eigenvalue weighted by molar-refractivity contribution is -0.236. The SMILES string of the molecule is C=Cc1ccc(C=C)c(C23CC4C5CC6(C)CC4C(C2)C(C6)C5C3)c1. The van der Waals surface area contributed by atoms with Crippen LogP contribution in [-0.2, 0) is 5.41 Å². The van der Waals surface area contributed by atoms with E-state index < -0.39 is 0 Å². The van der Waals surface area contributed by atoms with Gasteiger partial charge >= 0.3 is 0 Å². The summed E-state index contributed by atoms with van der Waals surface area (Å²) >= 11 is 0. The number of benzene rings is 1. The minimum Gasteiger partial charge on any atom is -0.0985 e. The molecule has 7 saturated carbocycles. The van der Waals surface area contributed by atoms with Crippen molar-refractivity contribution in [3.8, 4) is 0 Å². The van der Waals surface area contributed by atoms with E-state index in [1.807, 2.05) is 6.08 Å². The lowest BCUT2D eigenvalue weighted by atomic mass is 9.30. The predicted octanol–water partition coefficient (Wildman–Crippen LogP) is 6.32. The Morgan fingerprint density at radius 2 is 1.32 bits per heavy atom. The Balaban J connectivity index is 1.49. The summed E-state index contributed by atoms with van der Waals surface area (Å²) in [7, 11) is 0. The Kier molecular flexibility index (Phi) is 2.67. The van der Waals surface area contributed by atoms with Gasteiger partial charge in [-0.25, -0.2) is 0 Å². The summed E-state index contributed by atoms with van der Waals surface area (Å²) in [4.78, 5) is 0. The summed E-state index contributed by atoms with van der Waals surface area (Å²) in [5, 5.41) is 0. The van der Waals surface area contributed by atoms with Gasteiger partial charge in [-0.15, -0.1) is 0 Å². The molecule has 7 aliphatic carbocycles. The van der Waals surface area contributed by atoms with Crippen LogP contribution in [-0.4, -0.2) is 0 Å². The second-order valence-electron chi connectivity index (χ2n) is 10.6. The van der Waals surface area contributed by atoms with E-state index in [-0.39, 0.29) is 0 Å². The summed E-state index contributed by atoms with van der Waals surface area (Å²) in [6.45, 7) is 10.8. The van der Waals surface area contributed by atoms with E-state index in [1.165, 1.54) is 30.4 Å². The highest BCUT2D eigenvalue weighted by Crippen LogP contribution is 2.76. The maximum atomic E-state index is 4.14. The fourth-order valence-corrected chi connectivity index (χ4v) is 8.95. The quantitative estimate of drug-likeness (QED) is 0.608. The highest BCUT2D eigenvalue weighted by atomic mass is 14.7. The van der Waals surface area contributed by atoms with E-state index >= 15 is 0 Å². The van der Waals surface area contributed by atoms with Gasteiger partial charge in [-0.2, -0.15) is 0 Å². The molecular weight excluding hydrogens is 300 g/mol. The first-order valence-electron chi connectivity index (χ1n) is 10.5. The van der Waals surface area contributed by atoms with Gasteiger partial charge < -0.3 is 0 Å². The van der Waals surface area contributed by atoms with Crippen LogP contribution >= 0.6 is 0 Å². The molecule has 0 heterocycles. The molecule has 0 spiro atoms. The van der Waals surface area contributed by atoms with Gasteiger partial charge in [-0.1, -0.05) is 50.4 Å². The van der Waals surface area contributed by atoms with Crippen LogP contribution in [0.15, 0.2) is 31.4 Å². The van der Waals surface area contributed by atoms with Gasteiger partial charge in [0.1, 0.15) is 0 Å². The molecule has 0 unspecified atom stereocenters. The first-order valence-corrected chi connectivity index (χ1v) is 10.5. The van der Waals surface area contributed by atoms with Crippen molar-refractivity contribution in [1.29, 1.82) is 0 Å². The van der Waals surface area contributed by atoms with Gasteiger partial charge in [0, 0.05) is 0 Å². The van der Waals surface area contributed by atoms with Crippen LogP contribution in [0.5, 0.6) is 0 Å². The van der Waals surface area contributed by atoms with Crippen molar-refractivity contribution in [3.63, 3.8) is 0 Å². The second-order valence-corrected chi connectivity index (χ2v) is 10.6. The molecule has 1 aromatic carbocycles. The first-order chi connectivity index (χ1) is 12.1. The Morgan fingerprint density at radius 3 is 1.80 bits per heavy atom. The van der Waals surface area contributed by atoms with E-state index in [4.69, 9.17) is 0 Å². The van der Waals surface area contributed by atoms with Crippen LogP contribution in [0.25, 0.3) is 12.2 Å². The maximum Gasteiger partial charge on any atom is -0.00323 e. The fraction of sp³-hybridized carbons (Fsp3) is 0.600. The van der Waals surface area contributed by atoms with Crippen molar-refractivity contribution in [2.75, 3.05) is 0 Å². The Bertz CT molecular complexity index is 718. The zero-order valence-corrected chi connectivity index (χ0v) is 15.5. The van der Waals surface area contributed by atoms with Gasteiger partial charge in [-0.05, 0) is 102 Å². The standard InChI is InChI=1S/C25H30/c1-4-15-6-7-16(5-2)23(8-15)25-12-20-17-9-24(3)10-18(20)22(14-25)19(11-24)21(17)13-25/h4-8,17-22H,1-2,9-14H2,3H3. The summed E-state index contributed by atoms with van der Waals surface area (Å²) in [5.74, 6) is 6.23. The predicted molar refractivity (Wildman–Crippen MR) is 105 cm³/mol. The highest BCUT2D eigenvalue weighted by molar-refractivity contribution is 5.60. The molecule has 0 aliphatic heterocycles. The van der Waals surface area contributed by atoms with Gasteiger partial charge in [0.15, 0.2) is 0 Å². The van der Waals surface area contributed by atoms with Crippen LogP contribution < -0.4 is 0 Å². The van der Waals surface area contributed by atoms with Crippen LogP contribution in [0.1, 0.15) is 62.1 Å². The molecule has 0 N–H and O–H groups in total. The largest absolute Gasteiger partial charge is 0.0985 e. The average molecular weight is 331 g/mol. The third kappa shape index (κ3) is 1.70. The average Bonchev–Trinajstić information content (AvgIpc) is 2.64. The normalized spacial score (nSPS) is 51.1. The monoisotopic (exact) mass is 330 g/mol. The molecule has 130 valence electrons. The van der Waals surface area contributed by atoms with Crippen LogP contribution in [0, 0.1) is 40.9 Å². The van der Waals surface area contributed by atoms with E-state index in [0.29, 0.717) is 10.8 Å². The van der Waals surface area contributed by atoms with E-state index in [9.17, 15) is 0 Å². The highest BCUT2D eigenvalue weighted by Gasteiger charge is 2.69. The molecule has 25 heavy (non-hydrogen) atoms. The lowest BCUT2D eigenvalue weighted by Gasteiger charge is -2.75. The summed E-state index contributed by atoms with van der Waals surface area (Å²) < 4.78 is 0. The topological polar surface area (TPSA) is 0 Å². The summed E-state index contributed by atoms with van der Waals surface area (Å²) in [6.07, 6.45) is 13.1. The van der Waals surface area contributed by atoms with E-state index in [2.05, 4.69) is 44.4 Å². The molecular formula is C25H30. The third-order valence-corrected chi connectivity index (χ3v) is 9.47. The molecule has 0 amide bonds. The molecule has 0 radical (unpaired) electrons. The fourth-order valence-electron chi connectivity index (χ4n) is 8.95.